The van der Waals surface area contributed by atoms with Crippen molar-refractivity contribution in [2.45, 2.75) is 23.4 Å². The van der Waals surface area contributed by atoms with Gasteiger partial charge in [0.15, 0.2) is 10.3 Å². The lowest BCUT2D eigenvalue weighted by atomic mass is 10.2. The van der Waals surface area contributed by atoms with Crippen molar-refractivity contribution < 1.29 is 0 Å². The maximum atomic E-state index is 13.2. The molecule has 5 nitrogen and oxygen atoms in total. The number of fused-ring (bicyclic) bond motifs is 2. The number of hydrogen-bond donors (Lipinski definition) is 1. The van der Waals surface area contributed by atoms with Crippen LogP contribution in [0, 0.1) is 6.92 Å². The van der Waals surface area contributed by atoms with Crippen molar-refractivity contribution in [1.29, 1.82) is 0 Å². The molecule has 1 N–H and O–H groups in total. The number of thioether (sulfide) groups is 2. The number of nitrogens with one attached hydrogen (secondary N) is 1. The summed E-state index contributed by atoms with van der Waals surface area (Å²) >= 11 is 4.73. The minimum Gasteiger partial charge on any atom is -0.335 e. The second-order valence-corrected chi connectivity index (χ2v) is 10.3. The molecule has 0 amide bonds. The van der Waals surface area contributed by atoms with Gasteiger partial charge in [-0.15, -0.1) is 11.8 Å². The van der Waals surface area contributed by atoms with Crippen molar-refractivity contribution in [1.82, 2.24) is 14.5 Å². The van der Waals surface area contributed by atoms with Crippen LogP contribution in [0.3, 0.4) is 0 Å². The molecule has 4 aromatic rings. The van der Waals surface area contributed by atoms with Crippen molar-refractivity contribution in [3.63, 3.8) is 0 Å². The molecule has 3 heterocycles. The topological polar surface area (TPSA) is 59.8 Å². The summed E-state index contributed by atoms with van der Waals surface area (Å²) in [7, 11) is 0. The molecule has 1 aliphatic heterocycles. The van der Waals surface area contributed by atoms with E-state index >= 15 is 0 Å². The number of aryl methyl sites for hydroxylation is 2. The van der Waals surface area contributed by atoms with E-state index < -0.39 is 0 Å². The first-order valence-corrected chi connectivity index (χ1v) is 12.7. The predicted molar refractivity (Wildman–Crippen MR) is 132 cm³/mol. The molecule has 1 aliphatic rings. The van der Waals surface area contributed by atoms with Gasteiger partial charge in [-0.2, -0.15) is 0 Å². The number of aromatic nitrogens is 3. The lowest BCUT2D eigenvalue weighted by Gasteiger charge is -2.14. The fourth-order valence-electron chi connectivity index (χ4n) is 3.42. The van der Waals surface area contributed by atoms with Gasteiger partial charge in [0.05, 0.1) is 26.5 Å². The molecule has 2 aromatic heterocycles. The molecular formula is C23H20N4OS3. The lowest BCUT2D eigenvalue weighted by Crippen LogP contribution is -2.24. The first-order chi connectivity index (χ1) is 15.1. The second-order valence-electron chi connectivity index (χ2n) is 7.25. The predicted octanol–water partition coefficient (Wildman–Crippen LogP) is 5.52. The molecule has 8 heteroatoms. The number of hydrogen-bond acceptors (Lipinski definition) is 7. The number of anilines is 1. The van der Waals surface area contributed by atoms with E-state index in [9.17, 15) is 4.79 Å². The largest absolute Gasteiger partial charge is 0.335 e. The quantitative estimate of drug-likeness (QED) is 0.300. The molecule has 0 saturated heterocycles. The standard InChI is InChI=1S/C23H20N4OS3/c1-14-8-9-17-19(12-14)31-22(25-17)24-15(2)13-30-23-26-18-10-11-29-20(18)21(28)27(23)16-6-4-3-5-7-16/h3-9,12H,2,10-11,13H2,1H3,(H,24,25). The monoisotopic (exact) mass is 464 g/mol. The van der Waals surface area contributed by atoms with Gasteiger partial charge < -0.3 is 5.32 Å². The highest BCUT2D eigenvalue weighted by Gasteiger charge is 2.22. The Morgan fingerprint density at radius 2 is 2.06 bits per heavy atom. The Morgan fingerprint density at radius 3 is 2.90 bits per heavy atom. The van der Waals surface area contributed by atoms with Crippen molar-refractivity contribution in [2.75, 3.05) is 16.8 Å². The molecule has 0 aliphatic carbocycles. The van der Waals surface area contributed by atoms with E-state index in [1.165, 1.54) is 17.3 Å². The molecule has 2 aromatic carbocycles. The Labute approximate surface area is 192 Å². The number of thiazole rings is 1. The number of nitrogens with zero attached hydrogens (tertiary/aromatic N) is 3. The van der Waals surface area contributed by atoms with E-state index in [2.05, 4.69) is 35.9 Å². The van der Waals surface area contributed by atoms with Crippen LogP contribution in [0.25, 0.3) is 15.9 Å². The Balaban J connectivity index is 1.38. The van der Waals surface area contributed by atoms with Gasteiger partial charge in [0.1, 0.15) is 0 Å². The van der Waals surface area contributed by atoms with Gasteiger partial charge >= 0.3 is 0 Å². The highest BCUT2D eigenvalue weighted by molar-refractivity contribution is 7.99. The third-order valence-corrected chi connectivity index (χ3v) is 7.95. The van der Waals surface area contributed by atoms with Gasteiger partial charge in [-0.1, -0.05) is 53.9 Å². The highest BCUT2D eigenvalue weighted by atomic mass is 32.2. The average Bonchev–Trinajstić information content (AvgIpc) is 3.39. The van der Waals surface area contributed by atoms with Gasteiger partial charge in [0.25, 0.3) is 5.56 Å². The molecule has 0 bridgehead atoms. The van der Waals surface area contributed by atoms with E-state index in [1.807, 2.05) is 36.4 Å². The van der Waals surface area contributed by atoms with E-state index in [4.69, 9.17) is 4.98 Å². The summed E-state index contributed by atoms with van der Waals surface area (Å²) in [6.07, 6.45) is 0.836. The summed E-state index contributed by atoms with van der Waals surface area (Å²) in [5.74, 6) is 1.49. The van der Waals surface area contributed by atoms with Crippen LogP contribution in [0.4, 0.5) is 5.13 Å². The van der Waals surface area contributed by atoms with Crippen LogP contribution in [0.2, 0.25) is 0 Å². The van der Waals surface area contributed by atoms with Crippen LogP contribution in [0.1, 0.15) is 11.3 Å². The Kier molecular flexibility index (Phi) is 5.60. The molecule has 5 rings (SSSR count). The van der Waals surface area contributed by atoms with Crippen LogP contribution in [-0.2, 0) is 6.42 Å². The summed E-state index contributed by atoms with van der Waals surface area (Å²) in [4.78, 5) is 23.4. The Morgan fingerprint density at radius 1 is 1.23 bits per heavy atom. The smallest absolute Gasteiger partial charge is 0.272 e. The van der Waals surface area contributed by atoms with Crippen molar-refractivity contribution in [3.05, 3.63) is 82.4 Å². The highest BCUT2D eigenvalue weighted by Crippen LogP contribution is 2.31. The van der Waals surface area contributed by atoms with Gasteiger partial charge in [-0.25, -0.2) is 9.97 Å². The first-order valence-electron chi connectivity index (χ1n) is 9.87. The summed E-state index contributed by atoms with van der Waals surface area (Å²) in [6.45, 7) is 6.25. The zero-order valence-corrected chi connectivity index (χ0v) is 19.4. The summed E-state index contributed by atoms with van der Waals surface area (Å²) in [6, 6.07) is 15.9. The minimum atomic E-state index is 0.0151. The lowest BCUT2D eigenvalue weighted by molar-refractivity contribution is 0.740. The third-order valence-electron chi connectivity index (χ3n) is 4.88. The van der Waals surface area contributed by atoms with Crippen molar-refractivity contribution in [3.8, 4) is 5.69 Å². The molecular weight excluding hydrogens is 444 g/mol. The van der Waals surface area contributed by atoms with E-state index in [0.717, 1.165) is 49.5 Å². The minimum absolute atomic E-state index is 0.0151. The van der Waals surface area contributed by atoms with Crippen LogP contribution < -0.4 is 10.9 Å². The summed E-state index contributed by atoms with van der Waals surface area (Å²) < 4.78 is 2.87. The molecule has 0 fully saturated rings. The maximum Gasteiger partial charge on any atom is 0.272 e. The fraction of sp³-hybridized carbons (Fsp3) is 0.174. The third kappa shape index (κ3) is 4.15. The zero-order chi connectivity index (χ0) is 21.4. The van der Waals surface area contributed by atoms with Gasteiger partial charge in [-0.3, -0.25) is 9.36 Å². The molecule has 0 unspecified atom stereocenters. The zero-order valence-electron chi connectivity index (χ0n) is 16.9. The van der Waals surface area contributed by atoms with E-state index in [1.54, 1.807) is 27.7 Å². The average molecular weight is 465 g/mol. The van der Waals surface area contributed by atoms with Gasteiger partial charge in [0, 0.05) is 23.6 Å². The van der Waals surface area contributed by atoms with Gasteiger partial charge in [-0.05, 0) is 36.8 Å². The van der Waals surface area contributed by atoms with Gasteiger partial charge in [0.2, 0.25) is 0 Å². The molecule has 0 radical (unpaired) electrons. The molecule has 0 atom stereocenters. The Hall–Kier alpha value is -2.55. The fourth-order valence-corrected chi connectivity index (χ4v) is 6.33. The number of benzene rings is 2. The summed E-state index contributed by atoms with van der Waals surface area (Å²) in [5.41, 5.74) is 4.78. The first kappa shape index (κ1) is 20.4. The molecule has 156 valence electrons. The van der Waals surface area contributed by atoms with E-state index in [0.29, 0.717) is 10.9 Å². The molecule has 0 spiro atoms. The second kappa shape index (κ2) is 8.53. The normalized spacial score (nSPS) is 12.8. The maximum absolute atomic E-state index is 13.2. The molecule has 0 saturated carbocycles. The molecule has 31 heavy (non-hydrogen) atoms. The number of para-hydroxylation sites is 1. The SMILES string of the molecule is C=C(CSc1nc2c(c(=O)n1-c1ccccc1)SCC2)Nc1nc2ccc(C)cc2s1. The van der Waals surface area contributed by atoms with Crippen LogP contribution in [0.5, 0.6) is 0 Å². The van der Waals surface area contributed by atoms with Crippen LogP contribution in [0.15, 0.2) is 75.7 Å². The van der Waals surface area contributed by atoms with Crippen molar-refractivity contribution in [2.24, 2.45) is 0 Å². The van der Waals surface area contributed by atoms with Crippen LogP contribution >= 0.6 is 34.9 Å². The van der Waals surface area contributed by atoms with E-state index in [-0.39, 0.29) is 5.56 Å². The summed E-state index contributed by atoms with van der Waals surface area (Å²) in [5, 5.41) is 4.84. The Bertz CT molecular complexity index is 1340. The van der Waals surface area contributed by atoms with Crippen LogP contribution in [-0.4, -0.2) is 26.0 Å². The van der Waals surface area contributed by atoms with Crippen molar-refractivity contribution >= 4 is 50.2 Å². The number of rotatable bonds is 6.